The summed E-state index contributed by atoms with van der Waals surface area (Å²) in [4.78, 5) is 28.6. The van der Waals surface area contributed by atoms with Crippen molar-refractivity contribution in [2.24, 2.45) is 10.8 Å². The lowest BCUT2D eigenvalue weighted by atomic mass is 9.53. The van der Waals surface area contributed by atoms with E-state index >= 15 is 0 Å². The third kappa shape index (κ3) is 1.36. The third-order valence-corrected chi connectivity index (χ3v) is 5.58. The first kappa shape index (κ1) is 12.1. The van der Waals surface area contributed by atoms with Gasteiger partial charge in [0.25, 0.3) is 5.91 Å². The number of nitrogens with zero attached hydrogens (tertiary/aromatic N) is 1. The van der Waals surface area contributed by atoms with Crippen LogP contribution in [0.4, 0.5) is 0 Å². The molecule has 1 N–H and O–H groups in total. The van der Waals surface area contributed by atoms with Gasteiger partial charge in [0.05, 0.1) is 18.8 Å². The van der Waals surface area contributed by atoms with Crippen molar-refractivity contribution >= 4 is 5.91 Å². The highest BCUT2D eigenvalue weighted by Gasteiger charge is 2.67. The molecule has 2 saturated heterocycles. The van der Waals surface area contributed by atoms with Crippen LogP contribution < -0.4 is 5.56 Å². The summed E-state index contributed by atoms with van der Waals surface area (Å²) in [5, 5.41) is 0. The average molecular weight is 274 g/mol. The van der Waals surface area contributed by atoms with Crippen LogP contribution >= 0.6 is 0 Å². The predicted octanol–water partition coefficient (Wildman–Crippen LogP) is 0.936. The number of rotatable bonds is 1. The van der Waals surface area contributed by atoms with Crippen molar-refractivity contribution in [1.29, 1.82) is 0 Å². The van der Waals surface area contributed by atoms with Crippen LogP contribution in [0.5, 0.6) is 0 Å². The number of ether oxygens (including phenoxy) is 1. The molecule has 5 nitrogen and oxygen atoms in total. The number of hydrogen-bond acceptors (Lipinski definition) is 3. The largest absolute Gasteiger partial charge is 0.380 e. The van der Waals surface area contributed by atoms with Gasteiger partial charge in [0.15, 0.2) is 0 Å². The Labute approximate surface area is 116 Å². The molecule has 3 heterocycles. The van der Waals surface area contributed by atoms with Gasteiger partial charge < -0.3 is 14.6 Å². The van der Waals surface area contributed by atoms with Gasteiger partial charge in [-0.15, -0.1) is 0 Å². The highest BCUT2D eigenvalue weighted by Crippen LogP contribution is 2.64. The number of likely N-dealkylation sites (tertiary alicyclic amines) is 1. The van der Waals surface area contributed by atoms with Crippen molar-refractivity contribution in [2.75, 3.05) is 26.3 Å². The van der Waals surface area contributed by atoms with Gasteiger partial charge in [0.2, 0.25) is 5.56 Å². The van der Waals surface area contributed by atoms with Gasteiger partial charge in [0.1, 0.15) is 0 Å². The lowest BCUT2D eigenvalue weighted by Crippen LogP contribution is -2.49. The van der Waals surface area contributed by atoms with Crippen LogP contribution in [0, 0.1) is 17.8 Å². The van der Waals surface area contributed by atoms with E-state index in [4.69, 9.17) is 4.74 Å². The fourth-order valence-corrected chi connectivity index (χ4v) is 4.22. The molecular weight excluding hydrogens is 256 g/mol. The monoisotopic (exact) mass is 274 g/mol. The maximum Gasteiger partial charge on any atom is 0.255 e. The molecule has 4 rings (SSSR count). The second-order valence-corrected chi connectivity index (χ2v) is 6.58. The van der Waals surface area contributed by atoms with Crippen LogP contribution in [0.2, 0.25) is 0 Å². The first-order valence-corrected chi connectivity index (χ1v) is 7.12. The molecule has 2 atom stereocenters. The summed E-state index contributed by atoms with van der Waals surface area (Å²) in [5.74, 6) is 0.0359. The number of aryl methyl sites for hydroxylation is 1. The zero-order valence-electron chi connectivity index (χ0n) is 11.6. The number of nitrogens with one attached hydrogen (secondary N) is 1. The van der Waals surface area contributed by atoms with Gasteiger partial charge >= 0.3 is 0 Å². The number of pyridine rings is 1. The Morgan fingerprint density at radius 1 is 1.25 bits per heavy atom. The highest BCUT2D eigenvalue weighted by atomic mass is 16.5. The fraction of sp³-hybridized carbons (Fsp3) is 0.600. The molecule has 2 aliphatic heterocycles. The molecule has 1 aromatic heterocycles. The molecule has 3 aliphatic rings. The van der Waals surface area contributed by atoms with E-state index in [-0.39, 0.29) is 22.3 Å². The van der Waals surface area contributed by atoms with E-state index in [0.717, 1.165) is 26.3 Å². The minimum atomic E-state index is -0.164. The molecule has 0 aromatic carbocycles. The summed E-state index contributed by atoms with van der Waals surface area (Å²) in [7, 11) is 0. The molecule has 20 heavy (non-hydrogen) atoms. The fourth-order valence-electron chi connectivity index (χ4n) is 4.22. The minimum absolute atomic E-state index is 0.0359. The van der Waals surface area contributed by atoms with Gasteiger partial charge in [-0.3, -0.25) is 9.59 Å². The lowest BCUT2D eigenvalue weighted by Gasteiger charge is -2.47. The number of aromatic nitrogens is 1. The Morgan fingerprint density at radius 2 is 1.90 bits per heavy atom. The van der Waals surface area contributed by atoms with Crippen LogP contribution in [0.1, 0.15) is 28.9 Å². The Balaban J connectivity index is 1.63. The van der Waals surface area contributed by atoms with Gasteiger partial charge in [0, 0.05) is 35.7 Å². The Hall–Kier alpha value is -1.62. The first-order chi connectivity index (χ1) is 9.55. The second-order valence-electron chi connectivity index (χ2n) is 6.58. The molecule has 1 amide bonds. The van der Waals surface area contributed by atoms with Gasteiger partial charge in [-0.25, -0.2) is 0 Å². The zero-order valence-corrected chi connectivity index (χ0v) is 11.6. The normalized spacial score (nSPS) is 34.5. The number of hydrogen-bond donors (Lipinski definition) is 1. The van der Waals surface area contributed by atoms with E-state index in [1.54, 1.807) is 13.0 Å². The molecule has 0 bridgehead atoms. The summed E-state index contributed by atoms with van der Waals surface area (Å²) in [5.41, 5.74) is 1.51. The summed E-state index contributed by atoms with van der Waals surface area (Å²) >= 11 is 0. The molecule has 3 fully saturated rings. The summed E-state index contributed by atoms with van der Waals surface area (Å²) in [6.45, 7) is 4.96. The maximum absolute atomic E-state index is 12.7. The quantitative estimate of drug-likeness (QED) is 0.829. The van der Waals surface area contributed by atoms with E-state index in [1.807, 2.05) is 4.90 Å². The van der Waals surface area contributed by atoms with E-state index in [0.29, 0.717) is 11.3 Å². The second kappa shape index (κ2) is 3.73. The van der Waals surface area contributed by atoms with Gasteiger partial charge in [-0.05, 0) is 25.8 Å². The zero-order chi connectivity index (χ0) is 14.0. The van der Waals surface area contributed by atoms with Crippen LogP contribution in [0.25, 0.3) is 0 Å². The van der Waals surface area contributed by atoms with Crippen LogP contribution in [0.15, 0.2) is 16.9 Å². The van der Waals surface area contributed by atoms with E-state index in [9.17, 15) is 9.59 Å². The Morgan fingerprint density at radius 3 is 2.45 bits per heavy atom. The first-order valence-electron chi connectivity index (χ1n) is 7.12. The number of aromatic amines is 1. The topological polar surface area (TPSA) is 62.4 Å². The van der Waals surface area contributed by atoms with Crippen LogP contribution in [-0.4, -0.2) is 42.1 Å². The molecule has 5 heteroatoms. The molecule has 106 valence electrons. The number of carbonyl (C=O) groups excluding carboxylic acids is 1. The Kier molecular flexibility index (Phi) is 2.26. The molecule has 2 unspecified atom stereocenters. The predicted molar refractivity (Wildman–Crippen MR) is 72.6 cm³/mol. The highest BCUT2D eigenvalue weighted by molar-refractivity contribution is 5.95. The standard InChI is InChI=1S/C15H18N2O3/c1-10-11(2-3-12(18)16-10)13(19)17-6-14-4-5-15(14,7-17)9-20-8-14/h2-3H,4-9H2,1H3,(H,16,18). The third-order valence-electron chi connectivity index (χ3n) is 5.58. The number of H-pyrrole nitrogens is 1. The molecule has 1 saturated carbocycles. The molecule has 0 radical (unpaired) electrons. The van der Waals surface area contributed by atoms with Gasteiger partial charge in [-0.2, -0.15) is 0 Å². The lowest BCUT2D eigenvalue weighted by molar-refractivity contribution is 0.0255. The van der Waals surface area contributed by atoms with Crippen LogP contribution in [-0.2, 0) is 4.74 Å². The minimum Gasteiger partial charge on any atom is -0.380 e. The average Bonchev–Trinajstić information content (AvgIpc) is 2.71. The molecule has 0 spiro atoms. The molecule has 1 aliphatic carbocycles. The van der Waals surface area contributed by atoms with E-state index in [2.05, 4.69) is 4.98 Å². The maximum atomic E-state index is 12.7. The van der Waals surface area contributed by atoms with Crippen molar-refractivity contribution < 1.29 is 9.53 Å². The summed E-state index contributed by atoms with van der Waals surface area (Å²) < 4.78 is 5.67. The summed E-state index contributed by atoms with van der Waals surface area (Å²) in [6.07, 6.45) is 2.34. The Bertz CT molecular complexity index is 633. The number of amides is 1. The number of carbonyl (C=O) groups is 1. The molecule has 1 aromatic rings. The van der Waals surface area contributed by atoms with Crippen molar-refractivity contribution in [1.82, 2.24) is 9.88 Å². The van der Waals surface area contributed by atoms with Crippen molar-refractivity contribution in [3.63, 3.8) is 0 Å². The van der Waals surface area contributed by atoms with Crippen molar-refractivity contribution in [3.8, 4) is 0 Å². The smallest absolute Gasteiger partial charge is 0.255 e. The van der Waals surface area contributed by atoms with Crippen molar-refractivity contribution in [3.05, 3.63) is 33.7 Å². The molecular formula is C15H18N2O3. The van der Waals surface area contributed by atoms with Gasteiger partial charge in [-0.1, -0.05) is 0 Å². The summed E-state index contributed by atoms with van der Waals surface area (Å²) in [6, 6.07) is 3.06. The van der Waals surface area contributed by atoms with Crippen molar-refractivity contribution in [2.45, 2.75) is 19.8 Å². The SMILES string of the molecule is Cc1[nH]c(=O)ccc1C(=O)N1CC23CCC2(COC3)C1. The van der Waals surface area contributed by atoms with E-state index in [1.165, 1.54) is 18.9 Å². The van der Waals surface area contributed by atoms with E-state index < -0.39 is 0 Å². The van der Waals surface area contributed by atoms with Crippen LogP contribution in [0.3, 0.4) is 0 Å².